The van der Waals surface area contributed by atoms with E-state index in [0.29, 0.717) is 26.3 Å². The molecule has 2 aliphatic heterocycles. The molecule has 1 amide bonds. The Bertz CT molecular complexity index is 949. The topological polar surface area (TPSA) is 76.1 Å². The van der Waals surface area contributed by atoms with Crippen LogP contribution in [0.25, 0.3) is 11.1 Å². The summed E-state index contributed by atoms with van der Waals surface area (Å²) in [4.78, 5) is 25.5. The molecule has 2 aromatic rings. The fourth-order valence-electron chi connectivity index (χ4n) is 5.42. The first kappa shape index (κ1) is 20.1. The van der Waals surface area contributed by atoms with Gasteiger partial charge in [0.15, 0.2) is 0 Å². The van der Waals surface area contributed by atoms with Gasteiger partial charge in [0, 0.05) is 19.0 Å². The summed E-state index contributed by atoms with van der Waals surface area (Å²) in [5.74, 6) is -0.759. The monoisotopic (exact) mass is 421 g/mol. The lowest BCUT2D eigenvalue weighted by atomic mass is 9.76. The van der Waals surface area contributed by atoms with E-state index in [-0.39, 0.29) is 30.0 Å². The Morgan fingerprint density at radius 2 is 1.65 bits per heavy atom. The van der Waals surface area contributed by atoms with Crippen LogP contribution in [0.1, 0.15) is 42.7 Å². The Hall–Kier alpha value is -2.86. The summed E-state index contributed by atoms with van der Waals surface area (Å²) in [6, 6.07) is 16.6. The van der Waals surface area contributed by atoms with Crippen LogP contribution < -0.4 is 0 Å². The average molecular weight is 421 g/mol. The van der Waals surface area contributed by atoms with Crippen LogP contribution in [0.3, 0.4) is 0 Å². The average Bonchev–Trinajstić information content (AvgIpc) is 3.31. The van der Waals surface area contributed by atoms with Crippen LogP contribution >= 0.6 is 0 Å². The highest BCUT2D eigenvalue weighted by atomic mass is 16.6. The maximum Gasteiger partial charge on any atom is 0.409 e. The van der Waals surface area contributed by atoms with E-state index < -0.39 is 5.97 Å². The van der Waals surface area contributed by atoms with Gasteiger partial charge in [-0.15, -0.1) is 0 Å². The van der Waals surface area contributed by atoms with Crippen molar-refractivity contribution in [1.29, 1.82) is 0 Å². The van der Waals surface area contributed by atoms with E-state index in [4.69, 9.17) is 14.6 Å². The molecule has 0 bridgehead atoms. The summed E-state index contributed by atoms with van der Waals surface area (Å²) in [6.45, 7) is 2.17. The molecule has 1 aliphatic carbocycles. The van der Waals surface area contributed by atoms with Gasteiger partial charge < -0.3 is 19.5 Å². The van der Waals surface area contributed by atoms with Gasteiger partial charge in [0.2, 0.25) is 0 Å². The summed E-state index contributed by atoms with van der Waals surface area (Å²) >= 11 is 0. The van der Waals surface area contributed by atoms with Crippen LogP contribution in [0.4, 0.5) is 4.79 Å². The Morgan fingerprint density at radius 1 is 1.03 bits per heavy atom. The highest BCUT2D eigenvalue weighted by Crippen LogP contribution is 2.45. The molecule has 3 aliphatic rings. The molecule has 2 heterocycles. The third kappa shape index (κ3) is 3.81. The molecule has 5 rings (SSSR count). The molecule has 6 heteroatoms. The molecule has 0 radical (unpaired) electrons. The summed E-state index contributed by atoms with van der Waals surface area (Å²) < 4.78 is 11.5. The molecular weight excluding hydrogens is 394 g/mol. The lowest BCUT2D eigenvalue weighted by Crippen LogP contribution is -2.44. The van der Waals surface area contributed by atoms with E-state index in [1.807, 2.05) is 24.3 Å². The maximum atomic E-state index is 12.8. The Balaban J connectivity index is 1.19. The molecule has 162 valence electrons. The first-order valence-corrected chi connectivity index (χ1v) is 11.0. The first-order chi connectivity index (χ1) is 15.0. The lowest BCUT2D eigenvalue weighted by Gasteiger charge is -2.38. The van der Waals surface area contributed by atoms with Crippen LogP contribution in [0.5, 0.6) is 0 Å². The van der Waals surface area contributed by atoms with Crippen molar-refractivity contribution in [1.82, 2.24) is 4.90 Å². The predicted octanol–water partition coefficient (Wildman–Crippen LogP) is 4.28. The van der Waals surface area contributed by atoms with E-state index in [1.54, 1.807) is 4.90 Å². The number of aliphatic carboxylic acids is 1. The van der Waals surface area contributed by atoms with Gasteiger partial charge in [-0.3, -0.25) is 4.79 Å². The number of carboxylic acid groups (broad SMARTS) is 1. The van der Waals surface area contributed by atoms with Crippen molar-refractivity contribution in [2.45, 2.75) is 37.7 Å². The standard InChI is InChI=1S/C25H27NO5/c27-23(28)13-17-14-25(16-31-17)9-11-26(12-10-25)24(29)30-15-22-20-7-3-1-5-18(20)19-6-2-4-8-21(19)22/h1-8,17,22H,9-16H2,(H,27,28). The quantitative estimate of drug-likeness (QED) is 0.797. The highest BCUT2D eigenvalue weighted by Gasteiger charge is 2.44. The van der Waals surface area contributed by atoms with Gasteiger partial charge in [0.05, 0.1) is 19.1 Å². The number of benzene rings is 2. The van der Waals surface area contributed by atoms with Crippen LogP contribution in [0.15, 0.2) is 48.5 Å². The molecule has 2 aromatic carbocycles. The zero-order valence-corrected chi connectivity index (χ0v) is 17.5. The van der Waals surface area contributed by atoms with Crippen molar-refractivity contribution >= 4 is 12.1 Å². The van der Waals surface area contributed by atoms with Crippen molar-refractivity contribution < 1.29 is 24.2 Å². The fraction of sp³-hybridized carbons (Fsp3) is 0.440. The number of carboxylic acids is 1. The third-order valence-corrected chi connectivity index (χ3v) is 7.11. The Morgan fingerprint density at radius 3 is 2.26 bits per heavy atom. The minimum Gasteiger partial charge on any atom is -0.481 e. The van der Waals surface area contributed by atoms with Crippen molar-refractivity contribution in [3.05, 3.63) is 59.7 Å². The second-order valence-electron chi connectivity index (χ2n) is 9.03. The molecule has 1 spiro atoms. The SMILES string of the molecule is O=C(O)CC1CC2(CCN(C(=O)OCC3c4ccccc4-c4ccccc43)CC2)CO1. The third-order valence-electron chi connectivity index (χ3n) is 7.11. The normalized spacial score (nSPS) is 21.7. The van der Waals surface area contributed by atoms with Gasteiger partial charge in [0.25, 0.3) is 0 Å². The van der Waals surface area contributed by atoms with Gasteiger partial charge in [-0.05, 0) is 46.9 Å². The van der Waals surface area contributed by atoms with Crippen molar-refractivity contribution in [2.24, 2.45) is 5.41 Å². The zero-order valence-electron chi connectivity index (χ0n) is 17.5. The summed E-state index contributed by atoms with van der Waals surface area (Å²) in [5, 5.41) is 9.00. The molecule has 1 N–H and O–H groups in total. The number of hydrogen-bond acceptors (Lipinski definition) is 4. The number of hydrogen-bond donors (Lipinski definition) is 1. The minimum atomic E-state index is -0.821. The lowest BCUT2D eigenvalue weighted by molar-refractivity contribution is -0.139. The maximum absolute atomic E-state index is 12.8. The van der Waals surface area contributed by atoms with E-state index in [9.17, 15) is 9.59 Å². The number of likely N-dealkylation sites (tertiary alicyclic amines) is 1. The van der Waals surface area contributed by atoms with E-state index in [2.05, 4.69) is 24.3 Å². The number of rotatable bonds is 4. The summed E-state index contributed by atoms with van der Waals surface area (Å²) in [7, 11) is 0. The van der Waals surface area contributed by atoms with Crippen molar-refractivity contribution in [3.8, 4) is 11.1 Å². The molecule has 0 aromatic heterocycles. The second kappa shape index (κ2) is 8.00. The molecule has 2 saturated heterocycles. The predicted molar refractivity (Wildman–Crippen MR) is 115 cm³/mol. The van der Waals surface area contributed by atoms with Gasteiger partial charge in [-0.1, -0.05) is 48.5 Å². The summed E-state index contributed by atoms with van der Waals surface area (Å²) in [5.41, 5.74) is 4.86. The van der Waals surface area contributed by atoms with Crippen LogP contribution in [0, 0.1) is 5.41 Å². The van der Waals surface area contributed by atoms with Crippen LogP contribution in [-0.4, -0.2) is 54.5 Å². The fourth-order valence-corrected chi connectivity index (χ4v) is 5.42. The number of piperidine rings is 1. The Kier molecular flexibility index (Phi) is 5.18. The molecule has 6 nitrogen and oxygen atoms in total. The van der Waals surface area contributed by atoms with Gasteiger partial charge in [-0.25, -0.2) is 4.79 Å². The van der Waals surface area contributed by atoms with Crippen molar-refractivity contribution in [2.75, 3.05) is 26.3 Å². The van der Waals surface area contributed by atoms with Crippen LogP contribution in [0.2, 0.25) is 0 Å². The largest absolute Gasteiger partial charge is 0.481 e. The smallest absolute Gasteiger partial charge is 0.409 e. The molecule has 1 atom stereocenters. The second-order valence-corrected chi connectivity index (χ2v) is 9.03. The first-order valence-electron chi connectivity index (χ1n) is 11.0. The minimum absolute atomic E-state index is 0.000227. The molecule has 31 heavy (non-hydrogen) atoms. The number of nitrogens with zero attached hydrogens (tertiary/aromatic N) is 1. The van der Waals surface area contributed by atoms with Crippen LogP contribution in [-0.2, 0) is 14.3 Å². The molecule has 2 fully saturated rings. The Labute approximate surface area is 181 Å². The van der Waals surface area contributed by atoms with E-state index >= 15 is 0 Å². The van der Waals surface area contributed by atoms with E-state index in [1.165, 1.54) is 22.3 Å². The molecular formula is C25H27NO5. The molecule has 0 saturated carbocycles. The zero-order chi connectivity index (χ0) is 21.4. The number of amides is 1. The molecule has 1 unspecified atom stereocenters. The van der Waals surface area contributed by atoms with Gasteiger partial charge >= 0.3 is 12.1 Å². The van der Waals surface area contributed by atoms with E-state index in [0.717, 1.165) is 19.3 Å². The van der Waals surface area contributed by atoms with Gasteiger partial charge in [-0.2, -0.15) is 0 Å². The number of fused-ring (bicyclic) bond motifs is 3. The van der Waals surface area contributed by atoms with Gasteiger partial charge in [0.1, 0.15) is 6.61 Å². The summed E-state index contributed by atoms with van der Waals surface area (Å²) in [6.07, 6.45) is 1.99. The van der Waals surface area contributed by atoms with Crippen molar-refractivity contribution in [3.63, 3.8) is 0 Å². The number of ether oxygens (including phenoxy) is 2. The number of carbonyl (C=O) groups is 2. The number of carbonyl (C=O) groups excluding carboxylic acids is 1. The highest BCUT2D eigenvalue weighted by molar-refractivity contribution is 5.79.